The summed E-state index contributed by atoms with van der Waals surface area (Å²) in [6.45, 7) is 1.05. The van der Waals surface area contributed by atoms with Gasteiger partial charge in [-0.05, 0) is 34.1 Å². The van der Waals surface area contributed by atoms with Gasteiger partial charge in [0.15, 0.2) is 0 Å². The average molecular weight is 467 g/mol. The van der Waals surface area contributed by atoms with Gasteiger partial charge in [0, 0.05) is 40.6 Å². The highest BCUT2D eigenvalue weighted by Crippen LogP contribution is 2.32. The number of amides is 3. The second-order valence-corrected chi connectivity index (χ2v) is 8.43. The van der Waals surface area contributed by atoms with Crippen LogP contribution in [0.4, 0.5) is 5.69 Å². The molecule has 8 heteroatoms. The Labute approximate surface area is 180 Å². The predicted molar refractivity (Wildman–Crippen MR) is 116 cm³/mol. The zero-order chi connectivity index (χ0) is 20.8. The first kappa shape index (κ1) is 18.9. The smallest absolute Gasteiger partial charge is 0.254 e. The highest BCUT2D eigenvalue weighted by molar-refractivity contribution is 9.10. The molecule has 30 heavy (non-hydrogen) atoms. The zero-order valence-electron chi connectivity index (χ0n) is 16.0. The number of anilines is 1. The Morgan fingerprint density at radius 1 is 1.13 bits per heavy atom. The molecule has 3 heterocycles. The van der Waals surface area contributed by atoms with E-state index in [-0.39, 0.29) is 24.1 Å². The second-order valence-electron chi connectivity index (χ2n) is 7.57. The molecule has 3 N–H and O–H groups in total. The molecule has 0 saturated carbocycles. The van der Waals surface area contributed by atoms with Crippen molar-refractivity contribution in [2.24, 2.45) is 0 Å². The summed E-state index contributed by atoms with van der Waals surface area (Å²) in [5.41, 5.74) is 4.13. The van der Waals surface area contributed by atoms with Crippen LogP contribution in [0.3, 0.4) is 0 Å². The molecule has 1 atom stereocenters. The number of rotatable bonds is 2. The van der Waals surface area contributed by atoms with Gasteiger partial charge in [-0.1, -0.05) is 24.3 Å². The van der Waals surface area contributed by atoms with E-state index in [4.69, 9.17) is 0 Å². The molecule has 152 valence electrons. The number of hydrogen-bond acceptors (Lipinski definition) is 3. The third-order valence-electron chi connectivity index (χ3n) is 5.74. The summed E-state index contributed by atoms with van der Waals surface area (Å²) in [7, 11) is 0. The molecule has 7 nitrogen and oxygen atoms in total. The summed E-state index contributed by atoms with van der Waals surface area (Å²) in [6.07, 6.45) is 0.643. The van der Waals surface area contributed by atoms with Crippen LogP contribution in [0.15, 0.2) is 46.9 Å². The summed E-state index contributed by atoms with van der Waals surface area (Å²) >= 11 is 3.57. The van der Waals surface area contributed by atoms with Crippen molar-refractivity contribution in [1.82, 2.24) is 15.2 Å². The Hall–Kier alpha value is -3.13. The Morgan fingerprint density at radius 2 is 1.97 bits per heavy atom. The van der Waals surface area contributed by atoms with Crippen LogP contribution in [0.1, 0.15) is 28.0 Å². The maximum atomic E-state index is 13.0. The van der Waals surface area contributed by atoms with Crippen molar-refractivity contribution in [3.05, 3.63) is 63.8 Å². The lowest BCUT2D eigenvalue weighted by Gasteiger charge is -2.28. The van der Waals surface area contributed by atoms with E-state index in [2.05, 4.69) is 31.5 Å². The van der Waals surface area contributed by atoms with Crippen LogP contribution in [-0.2, 0) is 22.6 Å². The first-order valence-corrected chi connectivity index (χ1v) is 10.6. The number of fused-ring (bicyclic) bond motifs is 4. The second kappa shape index (κ2) is 7.28. The van der Waals surface area contributed by atoms with E-state index >= 15 is 0 Å². The SMILES string of the molecule is O=C1NC(CC(=O)N2CCc3[nH]c4c(Br)cccc4c3C2)C(=O)Nc2ccccc21. The quantitative estimate of drug-likeness (QED) is 0.541. The fourth-order valence-electron chi connectivity index (χ4n) is 4.17. The van der Waals surface area contributed by atoms with Gasteiger partial charge in [0.25, 0.3) is 5.91 Å². The number of benzene rings is 2. The highest BCUT2D eigenvalue weighted by Gasteiger charge is 2.32. The maximum absolute atomic E-state index is 13.0. The van der Waals surface area contributed by atoms with E-state index in [1.165, 1.54) is 0 Å². The number of H-pyrrole nitrogens is 1. The molecule has 0 aliphatic carbocycles. The van der Waals surface area contributed by atoms with Crippen molar-refractivity contribution >= 4 is 50.2 Å². The number of para-hydroxylation sites is 2. The summed E-state index contributed by atoms with van der Waals surface area (Å²) in [5, 5.41) is 6.54. The van der Waals surface area contributed by atoms with E-state index in [0.717, 1.165) is 33.1 Å². The number of hydrogen-bond donors (Lipinski definition) is 3. The van der Waals surface area contributed by atoms with Crippen molar-refractivity contribution in [2.45, 2.75) is 25.4 Å². The normalized spacial score (nSPS) is 18.3. The number of aromatic nitrogens is 1. The molecule has 2 aliphatic heterocycles. The van der Waals surface area contributed by atoms with E-state index in [1.807, 2.05) is 18.2 Å². The standard InChI is InChI=1S/C22H19BrN4O3/c23-15-6-3-5-12-14-11-27(9-8-17(14)24-20(12)15)19(28)10-18-22(30)25-16-7-2-1-4-13(16)21(29)26-18/h1-7,18,24H,8-11H2,(H,25,30)(H,26,29). The first-order chi connectivity index (χ1) is 14.5. The van der Waals surface area contributed by atoms with Crippen molar-refractivity contribution in [1.29, 1.82) is 0 Å². The summed E-state index contributed by atoms with van der Waals surface area (Å²) in [4.78, 5) is 43.3. The molecule has 0 spiro atoms. The van der Waals surface area contributed by atoms with Crippen LogP contribution in [0.5, 0.6) is 0 Å². The van der Waals surface area contributed by atoms with Gasteiger partial charge < -0.3 is 20.5 Å². The Balaban J connectivity index is 1.34. The molecule has 3 amide bonds. The number of nitrogens with zero attached hydrogens (tertiary/aromatic N) is 1. The number of carbonyl (C=O) groups excluding carboxylic acids is 3. The molecular weight excluding hydrogens is 448 g/mol. The van der Waals surface area contributed by atoms with Crippen molar-refractivity contribution in [3.63, 3.8) is 0 Å². The van der Waals surface area contributed by atoms with Crippen LogP contribution in [0.25, 0.3) is 10.9 Å². The van der Waals surface area contributed by atoms with Gasteiger partial charge in [0.05, 0.1) is 23.2 Å². The van der Waals surface area contributed by atoms with Crippen LogP contribution >= 0.6 is 15.9 Å². The topological polar surface area (TPSA) is 94.3 Å². The molecule has 3 aromatic rings. The van der Waals surface area contributed by atoms with E-state index in [9.17, 15) is 14.4 Å². The third kappa shape index (κ3) is 3.17. The molecule has 2 aromatic carbocycles. The summed E-state index contributed by atoms with van der Waals surface area (Å²) < 4.78 is 0.990. The maximum Gasteiger partial charge on any atom is 0.254 e. The fourth-order valence-corrected chi connectivity index (χ4v) is 4.64. The Morgan fingerprint density at radius 3 is 2.83 bits per heavy atom. The van der Waals surface area contributed by atoms with Crippen LogP contribution < -0.4 is 10.6 Å². The van der Waals surface area contributed by atoms with Crippen LogP contribution in [0, 0.1) is 0 Å². The van der Waals surface area contributed by atoms with Crippen molar-refractivity contribution in [2.75, 3.05) is 11.9 Å². The lowest BCUT2D eigenvalue weighted by Crippen LogP contribution is -2.46. The van der Waals surface area contributed by atoms with E-state index < -0.39 is 6.04 Å². The van der Waals surface area contributed by atoms with Crippen molar-refractivity contribution in [3.8, 4) is 0 Å². The van der Waals surface area contributed by atoms with E-state index in [0.29, 0.717) is 24.3 Å². The Kier molecular flexibility index (Phi) is 4.58. The van der Waals surface area contributed by atoms with Gasteiger partial charge in [-0.15, -0.1) is 0 Å². The molecule has 1 unspecified atom stereocenters. The lowest BCUT2D eigenvalue weighted by atomic mass is 10.0. The first-order valence-electron chi connectivity index (χ1n) is 9.78. The minimum absolute atomic E-state index is 0.0764. The average Bonchev–Trinajstić information content (AvgIpc) is 3.07. The largest absolute Gasteiger partial charge is 0.357 e. The van der Waals surface area contributed by atoms with Crippen molar-refractivity contribution < 1.29 is 14.4 Å². The molecule has 0 radical (unpaired) electrons. The molecule has 0 bridgehead atoms. The van der Waals surface area contributed by atoms with Crippen LogP contribution in [-0.4, -0.2) is 40.2 Å². The van der Waals surface area contributed by atoms with Gasteiger partial charge in [0.2, 0.25) is 11.8 Å². The minimum Gasteiger partial charge on any atom is -0.357 e. The van der Waals surface area contributed by atoms with E-state index in [1.54, 1.807) is 29.2 Å². The number of aromatic amines is 1. The highest BCUT2D eigenvalue weighted by atomic mass is 79.9. The minimum atomic E-state index is -0.907. The van der Waals surface area contributed by atoms with Gasteiger partial charge >= 0.3 is 0 Å². The molecule has 1 aromatic heterocycles. The molecule has 5 rings (SSSR count). The van der Waals surface area contributed by atoms with Crippen LogP contribution in [0.2, 0.25) is 0 Å². The lowest BCUT2D eigenvalue weighted by molar-refractivity contribution is -0.134. The molecule has 2 aliphatic rings. The Bertz CT molecular complexity index is 1200. The van der Waals surface area contributed by atoms with Gasteiger partial charge in [-0.25, -0.2) is 0 Å². The predicted octanol–water partition coefficient (Wildman–Crippen LogP) is 2.96. The number of carbonyl (C=O) groups is 3. The monoisotopic (exact) mass is 466 g/mol. The summed E-state index contributed by atoms with van der Waals surface area (Å²) in [5.74, 6) is -0.893. The zero-order valence-corrected chi connectivity index (χ0v) is 17.6. The summed E-state index contributed by atoms with van der Waals surface area (Å²) in [6, 6.07) is 11.9. The third-order valence-corrected chi connectivity index (χ3v) is 6.40. The van der Waals surface area contributed by atoms with Gasteiger partial charge in [0.1, 0.15) is 6.04 Å². The molecule has 0 fully saturated rings. The van der Waals surface area contributed by atoms with Gasteiger partial charge in [-0.2, -0.15) is 0 Å². The molecule has 0 saturated heterocycles. The number of halogens is 1. The fraction of sp³-hybridized carbons (Fsp3) is 0.227. The molecular formula is C22H19BrN4O3. The van der Waals surface area contributed by atoms with Gasteiger partial charge in [-0.3, -0.25) is 14.4 Å². The number of nitrogens with one attached hydrogen (secondary N) is 3.